The fourth-order valence-electron chi connectivity index (χ4n) is 2.20. The van der Waals surface area contributed by atoms with Crippen LogP contribution in [0.5, 0.6) is 0 Å². The molecule has 0 aliphatic heterocycles. The van der Waals surface area contributed by atoms with Crippen LogP contribution in [0.15, 0.2) is 18.2 Å². The van der Waals surface area contributed by atoms with Crippen molar-refractivity contribution in [2.75, 3.05) is 11.9 Å². The molecule has 2 rings (SSSR count). The van der Waals surface area contributed by atoms with Gasteiger partial charge in [-0.2, -0.15) is 0 Å². The number of unbranched alkanes of at least 4 members (excludes halogenated alkanes) is 1. The molecule has 1 aliphatic carbocycles. The lowest BCUT2D eigenvalue weighted by molar-refractivity contribution is 0.0693. The van der Waals surface area contributed by atoms with Crippen molar-refractivity contribution >= 4 is 17.7 Å². The maximum absolute atomic E-state index is 13.6. The van der Waals surface area contributed by atoms with Gasteiger partial charge in [0.1, 0.15) is 11.4 Å². The average molecular weight is 294 g/mol. The lowest BCUT2D eigenvalue weighted by Crippen LogP contribution is -2.37. The summed E-state index contributed by atoms with van der Waals surface area (Å²) in [7, 11) is 0. The number of anilines is 1. The van der Waals surface area contributed by atoms with E-state index in [-0.39, 0.29) is 17.8 Å². The summed E-state index contributed by atoms with van der Waals surface area (Å²) in [5.74, 6) is -2.25. The molecule has 0 spiro atoms. The third-order valence-electron chi connectivity index (χ3n) is 3.47. The van der Waals surface area contributed by atoms with Crippen LogP contribution in [0.1, 0.15) is 43.0 Å². The van der Waals surface area contributed by atoms with E-state index in [9.17, 15) is 14.0 Å². The molecule has 6 heteroatoms. The van der Waals surface area contributed by atoms with E-state index in [0.717, 1.165) is 31.7 Å². The van der Waals surface area contributed by atoms with Gasteiger partial charge in [-0.15, -0.1) is 0 Å². The van der Waals surface area contributed by atoms with Crippen molar-refractivity contribution < 1.29 is 19.1 Å². The van der Waals surface area contributed by atoms with Crippen molar-refractivity contribution in [3.05, 3.63) is 29.6 Å². The average Bonchev–Trinajstić information content (AvgIpc) is 3.23. The number of hydrogen-bond donors (Lipinski definition) is 2. The molecule has 0 radical (unpaired) electrons. The van der Waals surface area contributed by atoms with Crippen molar-refractivity contribution in [1.82, 2.24) is 4.90 Å². The lowest BCUT2D eigenvalue weighted by Gasteiger charge is -2.23. The standard InChI is InChI=1S/C15H19FN2O3/c1-2-3-9-18(10-7-8-10)15(21)17-12-6-4-5-11(16)13(12)14(19)20/h4-6,10H,2-3,7-9H2,1H3,(H,17,21)(H,19,20). The van der Waals surface area contributed by atoms with Gasteiger partial charge in [0.25, 0.3) is 0 Å². The molecule has 1 fully saturated rings. The maximum Gasteiger partial charge on any atom is 0.340 e. The largest absolute Gasteiger partial charge is 0.478 e. The molecule has 0 atom stereocenters. The van der Waals surface area contributed by atoms with Crippen molar-refractivity contribution in [2.24, 2.45) is 0 Å². The quantitative estimate of drug-likeness (QED) is 0.845. The number of benzene rings is 1. The first kappa shape index (κ1) is 15.3. The Balaban J connectivity index is 2.14. The van der Waals surface area contributed by atoms with Crippen LogP contribution >= 0.6 is 0 Å². The van der Waals surface area contributed by atoms with E-state index in [1.165, 1.54) is 12.1 Å². The summed E-state index contributed by atoms with van der Waals surface area (Å²) in [6.45, 7) is 2.67. The summed E-state index contributed by atoms with van der Waals surface area (Å²) in [6.07, 6.45) is 3.79. The van der Waals surface area contributed by atoms with Crippen molar-refractivity contribution in [3.63, 3.8) is 0 Å². The number of halogens is 1. The number of carboxylic acids is 1. The molecule has 2 N–H and O–H groups in total. The van der Waals surface area contributed by atoms with Gasteiger partial charge in [-0.25, -0.2) is 14.0 Å². The first-order valence-corrected chi connectivity index (χ1v) is 7.14. The van der Waals surface area contributed by atoms with E-state index >= 15 is 0 Å². The Hall–Kier alpha value is -2.11. The van der Waals surface area contributed by atoms with Crippen LogP contribution in [-0.4, -0.2) is 34.6 Å². The van der Waals surface area contributed by atoms with Crippen LogP contribution < -0.4 is 5.32 Å². The Morgan fingerprint density at radius 1 is 1.43 bits per heavy atom. The van der Waals surface area contributed by atoms with Gasteiger partial charge < -0.3 is 15.3 Å². The molecule has 21 heavy (non-hydrogen) atoms. The number of rotatable bonds is 6. The van der Waals surface area contributed by atoms with E-state index in [4.69, 9.17) is 5.11 Å². The number of carboxylic acid groups (broad SMARTS) is 1. The van der Waals surface area contributed by atoms with Crippen LogP contribution in [0.2, 0.25) is 0 Å². The van der Waals surface area contributed by atoms with Crippen LogP contribution in [0.3, 0.4) is 0 Å². The Kier molecular flexibility index (Phi) is 4.77. The van der Waals surface area contributed by atoms with Crippen molar-refractivity contribution in [1.29, 1.82) is 0 Å². The fraction of sp³-hybridized carbons (Fsp3) is 0.467. The summed E-state index contributed by atoms with van der Waals surface area (Å²) < 4.78 is 13.6. The zero-order chi connectivity index (χ0) is 15.4. The first-order valence-electron chi connectivity index (χ1n) is 7.14. The second kappa shape index (κ2) is 6.56. The predicted octanol–water partition coefficient (Wildman–Crippen LogP) is 3.32. The van der Waals surface area contributed by atoms with Crippen LogP contribution in [0.25, 0.3) is 0 Å². The fourth-order valence-corrected chi connectivity index (χ4v) is 2.20. The number of nitrogens with zero attached hydrogens (tertiary/aromatic N) is 1. The summed E-state index contributed by atoms with van der Waals surface area (Å²) in [5, 5.41) is 11.6. The number of amides is 2. The Bertz CT molecular complexity index is 544. The number of urea groups is 1. The highest BCUT2D eigenvalue weighted by Crippen LogP contribution is 2.28. The van der Waals surface area contributed by atoms with E-state index in [0.29, 0.717) is 6.54 Å². The molecule has 0 bridgehead atoms. The third kappa shape index (κ3) is 3.71. The number of carbonyl (C=O) groups is 2. The Morgan fingerprint density at radius 2 is 2.14 bits per heavy atom. The number of carbonyl (C=O) groups excluding carboxylic acids is 1. The van der Waals surface area contributed by atoms with E-state index in [2.05, 4.69) is 5.32 Å². The summed E-state index contributed by atoms with van der Waals surface area (Å²) in [6, 6.07) is 3.70. The molecule has 2 amide bonds. The number of aromatic carboxylic acids is 1. The molecule has 1 aromatic rings. The zero-order valence-corrected chi connectivity index (χ0v) is 11.9. The predicted molar refractivity (Wildman–Crippen MR) is 77.0 cm³/mol. The minimum absolute atomic E-state index is 0.00496. The summed E-state index contributed by atoms with van der Waals surface area (Å²) in [4.78, 5) is 25.1. The van der Waals surface area contributed by atoms with Crippen molar-refractivity contribution in [2.45, 2.75) is 38.6 Å². The first-order chi connectivity index (χ1) is 10.0. The summed E-state index contributed by atoms with van der Waals surface area (Å²) in [5.41, 5.74) is -0.508. The van der Waals surface area contributed by atoms with Crippen molar-refractivity contribution in [3.8, 4) is 0 Å². The number of hydrogen-bond acceptors (Lipinski definition) is 2. The highest BCUT2D eigenvalue weighted by atomic mass is 19.1. The monoisotopic (exact) mass is 294 g/mol. The molecule has 0 heterocycles. The second-order valence-corrected chi connectivity index (χ2v) is 5.18. The molecule has 5 nitrogen and oxygen atoms in total. The molecule has 114 valence electrons. The van der Waals surface area contributed by atoms with Gasteiger partial charge in [-0.3, -0.25) is 0 Å². The van der Waals surface area contributed by atoms with Gasteiger partial charge in [0.05, 0.1) is 5.69 Å². The lowest BCUT2D eigenvalue weighted by atomic mass is 10.1. The van der Waals surface area contributed by atoms with Gasteiger partial charge in [-0.05, 0) is 31.4 Å². The Labute approximate surface area is 122 Å². The van der Waals surface area contributed by atoms with Gasteiger partial charge in [0.15, 0.2) is 0 Å². The maximum atomic E-state index is 13.6. The SMILES string of the molecule is CCCCN(C(=O)Nc1cccc(F)c1C(=O)O)C1CC1. The van der Waals surface area contributed by atoms with Crippen LogP contribution in [0, 0.1) is 5.82 Å². The topological polar surface area (TPSA) is 69.6 Å². The zero-order valence-electron chi connectivity index (χ0n) is 11.9. The smallest absolute Gasteiger partial charge is 0.340 e. The minimum Gasteiger partial charge on any atom is -0.478 e. The van der Waals surface area contributed by atoms with Gasteiger partial charge in [0.2, 0.25) is 0 Å². The molecule has 0 aromatic heterocycles. The van der Waals surface area contributed by atoms with E-state index < -0.39 is 17.3 Å². The van der Waals surface area contributed by atoms with Gasteiger partial charge in [0, 0.05) is 12.6 Å². The molecule has 0 unspecified atom stereocenters. The van der Waals surface area contributed by atoms with Crippen LogP contribution in [0.4, 0.5) is 14.9 Å². The minimum atomic E-state index is -1.39. The van der Waals surface area contributed by atoms with Crippen LogP contribution in [-0.2, 0) is 0 Å². The summed E-state index contributed by atoms with van der Waals surface area (Å²) >= 11 is 0. The molecule has 1 aromatic carbocycles. The highest BCUT2D eigenvalue weighted by Gasteiger charge is 2.32. The molecule has 1 aliphatic rings. The Morgan fingerprint density at radius 3 is 2.71 bits per heavy atom. The second-order valence-electron chi connectivity index (χ2n) is 5.18. The van der Waals surface area contributed by atoms with Gasteiger partial charge >= 0.3 is 12.0 Å². The van der Waals surface area contributed by atoms with E-state index in [1.54, 1.807) is 4.90 Å². The number of nitrogens with one attached hydrogen (secondary N) is 1. The molecule has 0 saturated heterocycles. The van der Waals surface area contributed by atoms with E-state index in [1.807, 2.05) is 6.92 Å². The molecular formula is C15H19FN2O3. The molecular weight excluding hydrogens is 275 g/mol. The van der Waals surface area contributed by atoms with Gasteiger partial charge in [-0.1, -0.05) is 19.4 Å². The normalized spacial score (nSPS) is 13.8. The molecule has 1 saturated carbocycles. The highest BCUT2D eigenvalue weighted by molar-refractivity contribution is 6.00. The third-order valence-corrected chi connectivity index (χ3v) is 3.47.